The van der Waals surface area contributed by atoms with Gasteiger partial charge in [-0.2, -0.15) is 0 Å². The van der Waals surface area contributed by atoms with Crippen molar-refractivity contribution in [1.29, 1.82) is 0 Å². The molecule has 1 saturated heterocycles. The molecule has 1 aromatic rings. The van der Waals surface area contributed by atoms with Crippen LogP contribution >= 0.6 is 0 Å². The summed E-state index contributed by atoms with van der Waals surface area (Å²) in [5, 5.41) is 12.7. The summed E-state index contributed by atoms with van der Waals surface area (Å²) in [6.07, 6.45) is 6.64. The number of carbonyl (C=O) groups is 1. The maximum Gasteiger partial charge on any atom is 0.255 e. The molecule has 7 heteroatoms. The Hall–Kier alpha value is -1.83. The molecule has 0 spiro atoms. The predicted octanol–water partition coefficient (Wildman–Crippen LogP) is 2.61. The van der Waals surface area contributed by atoms with Crippen LogP contribution in [-0.4, -0.2) is 74.1 Å². The standard InChI is InChI=1S/C23H36N2O5/c1-3-29-16-18(26)15-24-23(27)21-14-20(28-2)8-9-22(21)30-19-10-12-25(13-11-19)17-6-4-5-7-17/h8-9,14,17-19,26H,3-7,10-13,15-16H2,1-2H3,(H,24,27)/t18-/m1/s1. The maximum atomic E-state index is 12.8. The second-order valence-electron chi connectivity index (χ2n) is 8.18. The Morgan fingerprint density at radius 2 is 1.97 bits per heavy atom. The van der Waals surface area contributed by atoms with Crippen molar-refractivity contribution in [3.63, 3.8) is 0 Å². The summed E-state index contributed by atoms with van der Waals surface area (Å²) in [4.78, 5) is 15.4. The quantitative estimate of drug-likeness (QED) is 0.606. The summed E-state index contributed by atoms with van der Waals surface area (Å²) in [5.74, 6) is 0.869. The Kier molecular flexibility index (Phi) is 8.78. The van der Waals surface area contributed by atoms with Gasteiger partial charge in [-0.15, -0.1) is 0 Å². The number of aliphatic hydroxyl groups is 1. The summed E-state index contributed by atoms with van der Waals surface area (Å²) in [7, 11) is 1.57. The molecule has 0 radical (unpaired) electrons. The molecule has 0 unspecified atom stereocenters. The highest BCUT2D eigenvalue weighted by molar-refractivity contribution is 5.97. The van der Waals surface area contributed by atoms with Gasteiger partial charge < -0.3 is 29.5 Å². The fraction of sp³-hybridized carbons (Fsp3) is 0.696. The normalized spacial score (nSPS) is 19.6. The van der Waals surface area contributed by atoms with Crippen LogP contribution in [0.5, 0.6) is 11.5 Å². The molecule has 1 heterocycles. The maximum absolute atomic E-state index is 12.8. The van der Waals surface area contributed by atoms with Crippen LogP contribution in [0, 0.1) is 0 Å². The van der Waals surface area contributed by atoms with Crippen LogP contribution < -0.4 is 14.8 Å². The minimum absolute atomic E-state index is 0.103. The first kappa shape index (κ1) is 22.8. The zero-order valence-corrected chi connectivity index (χ0v) is 18.3. The van der Waals surface area contributed by atoms with E-state index in [0.717, 1.165) is 32.0 Å². The van der Waals surface area contributed by atoms with E-state index in [9.17, 15) is 9.90 Å². The van der Waals surface area contributed by atoms with E-state index < -0.39 is 6.10 Å². The highest BCUT2D eigenvalue weighted by Gasteiger charge is 2.28. The molecule has 1 amide bonds. The third-order valence-corrected chi connectivity index (χ3v) is 6.06. The first-order valence-electron chi connectivity index (χ1n) is 11.2. The molecule has 0 bridgehead atoms. The molecule has 1 aliphatic heterocycles. The number of amides is 1. The van der Waals surface area contributed by atoms with Crippen LogP contribution in [0.15, 0.2) is 18.2 Å². The molecule has 7 nitrogen and oxygen atoms in total. The van der Waals surface area contributed by atoms with Gasteiger partial charge in [0.15, 0.2) is 0 Å². The Bertz CT molecular complexity index is 670. The summed E-state index contributed by atoms with van der Waals surface area (Å²) in [6.45, 7) is 4.81. The number of rotatable bonds is 10. The molecule has 2 N–H and O–H groups in total. The largest absolute Gasteiger partial charge is 0.497 e. The lowest BCUT2D eigenvalue weighted by molar-refractivity contribution is 0.0417. The summed E-state index contributed by atoms with van der Waals surface area (Å²) in [5.41, 5.74) is 0.427. The third-order valence-electron chi connectivity index (χ3n) is 6.06. The zero-order chi connectivity index (χ0) is 21.3. The number of nitrogens with one attached hydrogen (secondary N) is 1. The van der Waals surface area contributed by atoms with Gasteiger partial charge >= 0.3 is 0 Å². The van der Waals surface area contributed by atoms with Crippen LogP contribution in [0.2, 0.25) is 0 Å². The highest BCUT2D eigenvalue weighted by atomic mass is 16.5. The molecule has 1 saturated carbocycles. The minimum Gasteiger partial charge on any atom is -0.497 e. The van der Waals surface area contributed by atoms with Crippen molar-refractivity contribution in [2.75, 3.05) is 40.0 Å². The fourth-order valence-electron chi connectivity index (χ4n) is 4.34. The van der Waals surface area contributed by atoms with Crippen LogP contribution in [0.3, 0.4) is 0 Å². The van der Waals surface area contributed by atoms with Crippen LogP contribution in [0.25, 0.3) is 0 Å². The molecule has 1 aliphatic carbocycles. The topological polar surface area (TPSA) is 80.3 Å². The molecule has 30 heavy (non-hydrogen) atoms. The van der Waals surface area contributed by atoms with Gasteiger partial charge in [-0.1, -0.05) is 12.8 Å². The average Bonchev–Trinajstić information content (AvgIpc) is 3.31. The van der Waals surface area contributed by atoms with E-state index in [-0.39, 0.29) is 25.2 Å². The number of nitrogens with zero attached hydrogens (tertiary/aromatic N) is 1. The molecule has 168 valence electrons. The van der Waals surface area contributed by atoms with Gasteiger partial charge in [0, 0.05) is 32.3 Å². The molecule has 2 fully saturated rings. The number of hydrogen-bond acceptors (Lipinski definition) is 6. The number of piperidine rings is 1. The van der Waals surface area contributed by atoms with E-state index in [2.05, 4.69) is 10.2 Å². The van der Waals surface area contributed by atoms with E-state index in [1.807, 2.05) is 13.0 Å². The van der Waals surface area contributed by atoms with E-state index in [1.165, 1.54) is 25.7 Å². The number of methoxy groups -OCH3 is 1. The van der Waals surface area contributed by atoms with Crippen molar-refractivity contribution in [1.82, 2.24) is 10.2 Å². The van der Waals surface area contributed by atoms with E-state index in [0.29, 0.717) is 23.7 Å². The van der Waals surface area contributed by atoms with Crippen LogP contribution in [-0.2, 0) is 4.74 Å². The lowest BCUT2D eigenvalue weighted by Gasteiger charge is -2.36. The van der Waals surface area contributed by atoms with Crippen molar-refractivity contribution >= 4 is 5.91 Å². The Morgan fingerprint density at radius 1 is 1.23 bits per heavy atom. The van der Waals surface area contributed by atoms with Gasteiger partial charge in [0.1, 0.15) is 17.6 Å². The summed E-state index contributed by atoms with van der Waals surface area (Å²) < 4.78 is 16.7. The number of ether oxygens (including phenoxy) is 3. The second kappa shape index (κ2) is 11.5. The smallest absolute Gasteiger partial charge is 0.255 e. The summed E-state index contributed by atoms with van der Waals surface area (Å²) in [6, 6.07) is 6.04. The predicted molar refractivity (Wildman–Crippen MR) is 115 cm³/mol. The third kappa shape index (κ3) is 6.33. The number of aliphatic hydroxyl groups excluding tert-OH is 1. The Balaban J connectivity index is 1.58. The van der Waals surface area contributed by atoms with E-state index in [4.69, 9.17) is 14.2 Å². The van der Waals surface area contributed by atoms with Gasteiger partial charge in [0.05, 0.1) is 25.4 Å². The highest BCUT2D eigenvalue weighted by Crippen LogP contribution is 2.30. The number of likely N-dealkylation sites (tertiary alicyclic amines) is 1. The van der Waals surface area contributed by atoms with Crippen molar-refractivity contribution in [2.24, 2.45) is 0 Å². The van der Waals surface area contributed by atoms with Gasteiger partial charge in [0.25, 0.3) is 5.91 Å². The fourth-order valence-corrected chi connectivity index (χ4v) is 4.34. The lowest BCUT2D eigenvalue weighted by atomic mass is 10.0. The second-order valence-corrected chi connectivity index (χ2v) is 8.18. The number of hydrogen-bond donors (Lipinski definition) is 2. The molecule has 3 rings (SSSR count). The van der Waals surface area contributed by atoms with E-state index in [1.54, 1.807) is 19.2 Å². The van der Waals surface area contributed by atoms with Gasteiger partial charge in [-0.3, -0.25) is 4.79 Å². The van der Waals surface area contributed by atoms with Crippen molar-refractivity contribution in [2.45, 2.75) is 63.7 Å². The zero-order valence-electron chi connectivity index (χ0n) is 18.3. The molecule has 0 aromatic heterocycles. The van der Waals surface area contributed by atoms with Crippen LogP contribution in [0.1, 0.15) is 55.8 Å². The molecular formula is C23H36N2O5. The number of benzene rings is 1. The average molecular weight is 421 g/mol. The number of carbonyl (C=O) groups excluding carboxylic acids is 1. The minimum atomic E-state index is -0.746. The Labute approximate surface area is 179 Å². The summed E-state index contributed by atoms with van der Waals surface area (Å²) >= 11 is 0. The molecule has 1 atom stereocenters. The SMILES string of the molecule is CCOC[C@H](O)CNC(=O)c1cc(OC)ccc1OC1CCN(C2CCCC2)CC1. The first-order chi connectivity index (χ1) is 14.6. The van der Waals surface area contributed by atoms with Gasteiger partial charge in [-0.25, -0.2) is 0 Å². The first-order valence-corrected chi connectivity index (χ1v) is 11.2. The molecular weight excluding hydrogens is 384 g/mol. The van der Waals surface area contributed by atoms with Gasteiger partial charge in [0.2, 0.25) is 0 Å². The van der Waals surface area contributed by atoms with Crippen molar-refractivity contribution < 1.29 is 24.1 Å². The Morgan fingerprint density at radius 3 is 2.63 bits per heavy atom. The molecule has 2 aliphatic rings. The van der Waals surface area contributed by atoms with Crippen molar-refractivity contribution in [3.05, 3.63) is 23.8 Å². The van der Waals surface area contributed by atoms with E-state index >= 15 is 0 Å². The monoisotopic (exact) mass is 420 g/mol. The molecule has 1 aromatic carbocycles. The van der Waals surface area contributed by atoms with Crippen LogP contribution in [0.4, 0.5) is 0 Å². The lowest BCUT2D eigenvalue weighted by Crippen LogP contribution is -2.43. The van der Waals surface area contributed by atoms with Crippen molar-refractivity contribution in [3.8, 4) is 11.5 Å². The van der Waals surface area contributed by atoms with Gasteiger partial charge in [-0.05, 0) is 50.8 Å².